The number of aliphatic hydroxyl groups excluding tert-OH is 1. The summed E-state index contributed by atoms with van der Waals surface area (Å²) in [6.07, 6.45) is 8.59. The molecule has 0 bridgehead atoms. The van der Waals surface area contributed by atoms with Crippen molar-refractivity contribution in [1.82, 2.24) is 5.32 Å². The lowest BCUT2D eigenvalue weighted by Gasteiger charge is -2.28. The third-order valence-corrected chi connectivity index (χ3v) is 4.00. The molecule has 1 unspecified atom stereocenters. The Hall–Kier alpha value is -0.120. The minimum absolute atomic E-state index is 0.132. The zero-order valence-electron chi connectivity index (χ0n) is 12.2. The van der Waals surface area contributed by atoms with E-state index in [9.17, 15) is 5.11 Å². The van der Waals surface area contributed by atoms with E-state index in [0.29, 0.717) is 0 Å². The molecule has 3 nitrogen and oxygen atoms in total. The quantitative estimate of drug-likeness (QED) is 0.591. The molecule has 1 fully saturated rings. The van der Waals surface area contributed by atoms with E-state index < -0.39 is 0 Å². The molecule has 0 amide bonds. The Kier molecular flexibility index (Phi) is 7.87. The minimum atomic E-state index is -0.132. The van der Waals surface area contributed by atoms with Gasteiger partial charge in [0.1, 0.15) is 0 Å². The first-order valence-corrected chi connectivity index (χ1v) is 7.64. The molecule has 0 aliphatic heterocycles. The molecule has 0 radical (unpaired) electrons. The van der Waals surface area contributed by atoms with Crippen LogP contribution in [0.15, 0.2) is 0 Å². The van der Waals surface area contributed by atoms with Crippen molar-refractivity contribution in [2.24, 2.45) is 5.92 Å². The Morgan fingerprint density at radius 2 is 2.06 bits per heavy atom. The van der Waals surface area contributed by atoms with Gasteiger partial charge in [-0.15, -0.1) is 0 Å². The van der Waals surface area contributed by atoms with E-state index in [-0.39, 0.29) is 12.1 Å². The second-order valence-electron chi connectivity index (χ2n) is 5.97. The maximum absolute atomic E-state index is 9.44. The highest BCUT2D eigenvalue weighted by Gasteiger charge is 2.21. The molecule has 3 heteroatoms. The van der Waals surface area contributed by atoms with Gasteiger partial charge in [-0.3, -0.25) is 0 Å². The summed E-state index contributed by atoms with van der Waals surface area (Å²) in [6, 6.07) is 0. The predicted molar refractivity (Wildman–Crippen MR) is 75.8 cm³/mol. The summed E-state index contributed by atoms with van der Waals surface area (Å²) in [5.74, 6) is 0.812. The van der Waals surface area contributed by atoms with E-state index in [4.69, 9.17) is 4.74 Å². The van der Waals surface area contributed by atoms with Crippen molar-refractivity contribution in [3.05, 3.63) is 0 Å². The largest absolute Gasteiger partial charge is 0.394 e. The first kappa shape index (κ1) is 15.9. The summed E-state index contributed by atoms with van der Waals surface area (Å²) in [6.45, 7) is 7.20. The zero-order valence-corrected chi connectivity index (χ0v) is 12.2. The molecule has 108 valence electrons. The van der Waals surface area contributed by atoms with Crippen LogP contribution < -0.4 is 5.32 Å². The molecule has 0 saturated heterocycles. The monoisotopic (exact) mass is 257 g/mol. The van der Waals surface area contributed by atoms with E-state index >= 15 is 0 Å². The summed E-state index contributed by atoms with van der Waals surface area (Å²) in [4.78, 5) is 0. The van der Waals surface area contributed by atoms with Gasteiger partial charge in [0.25, 0.3) is 0 Å². The summed E-state index contributed by atoms with van der Waals surface area (Å²) in [7, 11) is 0. The van der Waals surface area contributed by atoms with Crippen molar-refractivity contribution in [1.29, 1.82) is 0 Å². The second-order valence-corrected chi connectivity index (χ2v) is 5.97. The fraction of sp³-hybridized carbons (Fsp3) is 1.00. The van der Waals surface area contributed by atoms with Crippen molar-refractivity contribution in [2.45, 2.75) is 64.3 Å². The van der Waals surface area contributed by atoms with Crippen molar-refractivity contribution in [2.75, 3.05) is 26.4 Å². The third kappa shape index (κ3) is 6.17. The van der Waals surface area contributed by atoms with Gasteiger partial charge in [0.05, 0.1) is 6.61 Å². The molecule has 0 aromatic rings. The molecule has 0 spiro atoms. The number of hydrogen-bond acceptors (Lipinski definition) is 3. The highest BCUT2D eigenvalue weighted by atomic mass is 16.5. The van der Waals surface area contributed by atoms with Crippen LogP contribution in [0.25, 0.3) is 0 Å². The van der Waals surface area contributed by atoms with Gasteiger partial charge in [0.15, 0.2) is 0 Å². The van der Waals surface area contributed by atoms with Gasteiger partial charge in [-0.2, -0.15) is 0 Å². The number of aliphatic hydroxyl groups is 1. The molecule has 1 aliphatic rings. The summed E-state index contributed by atoms with van der Waals surface area (Å²) in [5, 5.41) is 12.9. The molecule has 18 heavy (non-hydrogen) atoms. The van der Waals surface area contributed by atoms with E-state index in [1.165, 1.54) is 25.7 Å². The summed E-state index contributed by atoms with van der Waals surface area (Å²) in [5.41, 5.74) is -0.132. The maximum atomic E-state index is 9.44. The van der Waals surface area contributed by atoms with E-state index in [2.05, 4.69) is 19.2 Å². The Morgan fingerprint density at radius 3 is 2.67 bits per heavy atom. The van der Waals surface area contributed by atoms with Gasteiger partial charge in [-0.1, -0.05) is 19.8 Å². The van der Waals surface area contributed by atoms with Crippen molar-refractivity contribution in [3.63, 3.8) is 0 Å². The SMILES string of the molecule is CCCNC(C)(CO)CCCOCC1CCCC1. The molecule has 0 aromatic heterocycles. The van der Waals surface area contributed by atoms with Crippen LogP contribution >= 0.6 is 0 Å². The fourth-order valence-electron chi connectivity index (χ4n) is 2.64. The van der Waals surface area contributed by atoms with Gasteiger partial charge >= 0.3 is 0 Å². The lowest BCUT2D eigenvalue weighted by Crippen LogP contribution is -2.46. The second kappa shape index (κ2) is 8.89. The number of rotatable bonds is 10. The average Bonchev–Trinajstić information content (AvgIpc) is 2.89. The average molecular weight is 257 g/mol. The topological polar surface area (TPSA) is 41.5 Å². The number of nitrogens with one attached hydrogen (secondary N) is 1. The third-order valence-electron chi connectivity index (χ3n) is 4.00. The molecule has 0 heterocycles. The van der Waals surface area contributed by atoms with Crippen LogP contribution in [0.4, 0.5) is 0 Å². The van der Waals surface area contributed by atoms with Crippen molar-refractivity contribution >= 4 is 0 Å². The van der Waals surface area contributed by atoms with Gasteiger partial charge < -0.3 is 15.2 Å². The molecule has 1 rings (SSSR count). The predicted octanol–water partition coefficient (Wildman–Crippen LogP) is 2.72. The first-order valence-electron chi connectivity index (χ1n) is 7.64. The van der Waals surface area contributed by atoms with Crippen LogP contribution in [-0.2, 0) is 4.74 Å². The van der Waals surface area contributed by atoms with E-state index in [1.54, 1.807) is 0 Å². The lowest BCUT2D eigenvalue weighted by molar-refractivity contribution is 0.0864. The first-order chi connectivity index (χ1) is 8.70. The van der Waals surface area contributed by atoms with Gasteiger partial charge in [0.2, 0.25) is 0 Å². The van der Waals surface area contributed by atoms with Crippen LogP contribution in [0.5, 0.6) is 0 Å². The maximum Gasteiger partial charge on any atom is 0.0610 e. The normalized spacial score (nSPS) is 20.2. The van der Waals surface area contributed by atoms with Crippen LogP contribution in [-0.4, -0.2) is 37.0 Å². The molecule has 2 N–H and O–H groups in total. The minimum Gasteiger partial charge on any atom is -0.394 e. The number of ether oxygens (including phenoxy) is 1. The Labute approximate surface area is 112 Å². The van der Waals surface area contributed by atoms with Crippen LogP contribution in [0.2, 0.25) is 0 Å². The van der Waals surface area contributed by atoms with Crippen LogP contribution in [0, 0.1) is 5.92 Å². The highest BCUT2D eigenvalue weighted by Crippen LogP contribution is 2.24. The standard InChI is InChI=1S/C15H31NO2/c1-3-10-16-15(2,13-17)9-6-11-18-12-14-7-4-5-8-14/h14,16-17H,3-13H2,1-2H3. The van der Waals surface area contributed by atoms with Crippen molar-refractivity contribution < 1.29 is 9.84 Å². The molecule has 1 atom stereocenters. The fourth-order valence-corrected chi connectivity index (χ4v) is 2.64. The molecular formula is C15H31NO2. The molecular weight excluding hydrogens is 226 g/mol. The Morgan fingerprint density at radius 1 is 1.33 bits per heavy atom. The lowest BCUT2D eigenvalue weighted by atomic mass is 9.97. The summed E-state index contributed by atoms with van der Waals surface area (Å²) < 4.78 is 5.75. The summed E-state index contributed by atoms with van der Waals surface area (Å²) >= 11 is 0. The van der Waals surface area contributed by atoms with E-state index in [1.807, 2.05) is 0 Å². The van der Waals surface area contributed by atoms with Crippen molar-refractivity contribution in [3.8, 4) is 0 Å². The smallest absolute Gasteiger partial charge is 0.0610 e. The van der Waals surface area contributed by atoms with Gasteiger partial charge in [-0.25, -0.2) is 0 Å². The van der Waals surface area contributed by atoms with Gasteiger partial charge in [-0.05, 0) is 51.5 Å². The Bertz CT molecular complexity index is 205. The Balaban J connectivity index is 2.03. The van der Waals surface area contributed by atoms with Crippen LogP contribution in [0.3, 0.4) is 0 Å². The number of hydrogen-bond donors (Lipinski definition) is 2. The molecule has 1 saturated carbocycles. The molecule has 1 aliphatic carbocycles. The zero-order chi connectivity index (χ0) is 13.3. The van der Waals surface area contributed by atoms with Crippen LogP contribution in [0.1, 0.15) is 58.8 Å². The van der Waals surface area contributed by atoms with E-state index in [0.717, 1.165) is 44.9 Å². The van der Waals surface area contributed by atoms with Gasteiger partial charge in [0, 0.05) is 18.8 Å². The molecule has 0 aromatic carbocycles. The highest BCUT2D eigenvalue weighted by molar-refractivity contribution is 4.81.